The van der Waals surface area contributed by atoms with Gasteiger partial charge in [0.25, 0.3) is 0 Å². The predicted octanol–water partition coefficient (Wildman–Crippen LogP) is 2.65. The van der Waals surface area contributed by atoms with E-state index < -0.39 is 17.1 Å². The van der Waals surface area contributed by atoms with Crippen molar-refractivity contribution in [3.05, 3.63) is 59.2 Å². The normalized spacial score (nSPS) is 17.2. The van der Waals surface area contributed by atoms with Gasteiger partial charge in [-0.15, -0.1) is 0 Å². The molecule has 0 saturated heterocycles. The van der Waals surface area contributed by atoms with Crippen LogP contribution in [0.25, 0.3) is 0 Å². The summed E-state index contributed by atoms with van der Waals surface area (Å²) >= 11 is -1.30. The molecule has 0 saturated carbocycles. The average Bonchev–Trinajstić information content (AvgIpc) is 2.57. The number of hydrogen-bond acceptors (Lipinski definition) is 2. The first-order valence-electron chi connectivity index (χ1n) is 6.03. The number of carboxylic acid groups (broad SMARTS) is 1. The number of benzene rings is 2. The number of rotatable bonds is 1. The van der Waals surface area contributed by atoms with Crippen LogP contribution in [0.4, 0.5) is 0 Å². The van der Waals surface area contributed by atoms with Gasteiger partial charge in [-0.3, -0.25) is 0 Å². The van der Waals surface area contributed by atoms with Crippen molar-refractivity contribution < 1.29 is 14.5 Å². The van der Waals surface area contributed by atoms with Crippen LogP contribution in [0.3, 0.4) is 0 Å². The molecule has 1 N–H and O–H groups in total. The van der Waals surface area contributed by atoms with Crippen LogP contribution in [0.2, 0.25) is 0 Å². The highest BCUT2D eigenvalue weighted by atomic mass is 32.2. The van der Waals surface area contributed by atoms with Crippen molar-refractivity contribution in [1.82, 2.24) is 0 Å². The van der Waals surface area contributed by atoms with E-state index in [9.17, 15) is 9.35 Å². The number of aryl methyl sites for hydroxylation is 2. The van der Waals surface area contributed by atoms with Crippen LogP contribution < -0.4 is 0 Å². The molecule has 2 aromatic carbocycles. The lowest BCUT2D eigenvalue weighted by Crippen LogP contribution is -2.07. The maximum atomic E-state index is 12.6. The summed E-state index contributed by atoms with van der Waals surface area (Å²) in [6, 6.07) is 12.5. The second-order valence-corrected chi connectivity index (χ2v) is 5.92. The van der Waals surface area contributed by atoms with Crippen molar-refractivity contribution in [2.24, 2.45) is 0 Å². The van der Waals surface area contributed by atoms with Crippen LogP contribution >= 0.6 is 0 Å². The van der Waals surface area contributed by atoms with Crippen molar-refractivity contribution >= 4 is 17.1 Å². The largest absolute Gasteiger partial charge is 0.606 e. The standard InChI is InChI=1S/C15H12O3S/c16-15(17)12-8-7-11-6-5-10-3-1-2-4-13(10)19(18)14(11)9-12/h1-4,7-9H,5-6H2,(H,16,17). The van der Waals surface area contributed by atoms with Crippen molar-refractivity contribution in [3.63, 3.8) is 0 Å². The zero-order chi connectivity index (χ0) is 13.4. The molecule has 19 heavy (non-hydrogen) atoms. The summed E-state index contributed by atoms with van der Waals surface area (Å²) in [6.45, 7) is 0. The summed E-state index contributed by atoms with van der Waals surface area (Å²) in [5.41, 5.74) is 2.24. The minimum atomic E-state index is -1.30. The molecule has 0 spiro atoms. The second-order valence-electron chi connectivity index (χ2n) is 4.50. The van der Waals surface area contributed by atoms with E-state index in [-0.39, 0.29) is 5.56 Å². The Bertz CT molecular complexity index is 652. The first kappa shape index (κ1) is 12.3. The summed E-state index contributed by atoms with van der Waals surface area (Å²) in [5, 5.41) is 9.04. The van der Waals surface area contributed by atoms with Gasteiger partial charge in [0.2, 0.25) is 0 Å². The average molecular weight is 272 g/mol. The van der Waals surface area contributed by atoms with Gasteiger partial charge in [-0.25, -0.2) is 4.79 Å². The van der Waals surface area contributed by atoms with Crippen LogP contribution in [0.5, 0.6) is 0 Å². The van der Waals surface area contributed by atoms with E-state index in [1.165, 1.54) is 6.07 Å². The fraction of sp³-hybridized carbons (Fsp3) is 0.133. The third-order valence-corrected chi connectivity index (χ3v) is 4.93. The number of carboxylic acids is 1. The third kappa shape index (κ3) is 2.13. The zero-order valence-electron chi connectivity index (χ0n) is 10.1. The summed E-state index contributed by atoms with van der Waals surface area (Å²) in [4.78, 5) is 12.5. The summed E-state index contributed by atoms with van der Waals surface area (Å²) < 4.78 is 12.6. The molecule has 0 fully saturated rings. The maximum absolute atomic E-state index is 12.6. The van der Waals surface area contributed by atoms with E-state index in [2.05, 4.69) is 0 Å². The van der Waals surface area contributed by atoms with Gasteiger partial charge in [-0.1, -0.05) is 24.3 Å². The lowest BCUT2D eigenvalue weighted by Gasteiger charge is -2.12. The van der Waals surface area contributed by atoms with Crippen LogP contribution in [-0.2, 0) is 24.0 Å². The molecular formula is C15H12O3S. The fourth-order valence-corrected chi connectivity index (χ4v) is 3.84. The van der Waals surface area contributed by atoms with Gasteiger partial charge in [0.15, 0.2) is 9.79 Å². The summed E-state index contributed by atoms with van der Waals surface area (Å²) in [5.74, 6) is -0.989. The first-order valence-corrected chi connectivity index (χ1v) is 7.17. The first-order chi connectivity index (χ1) is 9.16. The molecule has 1 unspecified atom stereocenters. The van der Waals surface area contributed by atoms with Crippen molar-refractivity contribution in [1.29, 1.82) is 0 Å². The highest BCUT2D eigenvalue weighted by Crippen LogP contribution is 2.32. The van der Waals surface area contributed by atoms with Gasteiger partial charge in [0.1, 0.15) is 0 Å². The van der Waals surface area contributed by atoms with Gasteiger partial charge < -0.3 is 9.66 Å². The third-order valence-electron chi connectivity index (χ3n) is 3.35. The SMILES string of the molecule is O=C(O)c1ccc2c(c1)[S+]([O-])c1ccccc1CC2. The fourth-order valence-electron chi connectivity index (χ4n) is 2.35. The highest BCUT2D eigenvalue weighted by Gasteiger charge is 2.26. The van der Waals surface area contributed by atoms with E-state index in [1.54, 1.807) is 12.1 Å². The molecule has 1 heterocycles. The van der Waals surface area contributed by atoms with Gasteiger partial charge in [0.05, 0.1) is 5.56 Å². The molecule has 0 aliphatic carbocycles. The van der Waals surface area contributed by atoms with Crippen LogP contribution in [-0.4, -0.2) is 15.6 Å². The van der Waals surface area contributed by atoms with Crippen LogP contribution in [0, 0.1) is 0 Å². The lowest BCUT2D eigenvalue weighted by molar-refractivity contribution is 0.0696. The Morgan fingerprint density at radius 1 is 1.05 bits per heavy atom. The second kappa shape index (κ2) is 4.72. The Morgan fingerprint density at radius 2 is 1.74 bits per heavy atom. The Balaban J connectivity index is 2.15. The molecule has 4 heteroatoms. The molecule has 1 aliphatic rings. The van der Waals surface area contributed by atoms with Crippen molar-refractivity contribution in [2.45, 2.75) is 22.6 Å². The van der Waals surface area contributed by atoms with E-state index >= 15 is 0 Å². The number of carbonyl (C=O) groups is 1. The quantitative estimate of drug-likeness (QED) is 0.812. The van der Waals surface area contributed by atoms with Crippen LogP contribution in [0.15, 0.2) is 52.3 Å². The summed E-state index contributed by atoms with van der Waals surface area (Å²) in [7, 11) is 0. The summed E-state index contributed by atoms with van der Waals surface area (Å²) in [6.07, 6.45) is 1.62. The molecule has 96 valence electrons. The monoisotopic (exact) mass is 272 g/mol. The zero-order valence-corrected chi connectivity index (χ0v) is 10.9. The predicted molar refractivity (Wildman–Crippen MR) is 71.9 cm³/mol. The molecule has 1 atom stereocenters. The number of fused-ring (bicyclic) bond motifs is 2. The number of aromatic carboxylic acids is 1. The van der Waals surface area contributed by atoms with Crippen molar-refractivity contribution in [3.8, 4) is 0 Å². The van der Waals surface area contributed by atoms with E-state index in [4.69, 9.17) is 5.11 Å². The topological polar surface area (TPSA) is 60.4 Å². The van der Waals surface area contributed by atoms with E-state index in [0.29, 0.717) is 4.90 Å². The molecular weight excluding hydrogens is 260 g/mol. The molecule has 0 radical (unpaired) electrons. The minimum absolute atomic E-state index is 0.187. The maximum Gasteiger partial charge on any atom is 0.335 e. The molecule has 0 bridgehead atoms. The molecule has 2 aromatic rings. The molecule has 1 aliphatic heterocycles. The van der Waals surface area contributed by atoms with Gasteiger partial charge in [0, 0.05) is 28.4 Å². The Labute approximate surface area is 114 Å². The van der Waals surface area contributed by atoms with Gasteiger partial charge in [-0.2, -0.15) is 0 Å². The molecule has 3 nitrogen and oxygen atoms in total. The smallest absolute Gasteiger partial charge is 0.335 e. The van der Waals surface area contributed by atoms with E-state index in [1.807, 2.05) is 24.3 Å². The van der Waals surface area contributed by atoms with E-state index in [0.717, 1.165) is 28.9 Å². The highest BCUT2D eigenvalue weighted by molar-refractivity contribution is 7.91. The minimum Gasteiger partial charge on any atom is -0.606 e. The molecule has 0 aromatic heterocycles. The number of hydrogen-bond donors (Lipinski definition) is 1. The Morgan fingerprint density at radius 3 is 2.47 bits per heavy atom. The van der Waals surface area contributed by atoms with Gasteiger partial charge in [-0.05, 0) is 25.0 Å². The molecule has 3 rings (SSSR count). The Kier molecular flexibility index (Phi) is 3.05. The van der Waals surface area contributed by atoms with Crippen LogP contribution in [0.1, 0.15) is 21.5 Å². The molecule has 0 amide bonds. The lowest BCUT2D eigenvalue weighted by atomic mass is 10.0. The van der Waals surface area contributed by atoms with Gasteiger partial charge >= 0.3 is 5.97 Å². The Hall–Kier alpha value is -1.78. The van der Waals surface area contributed by atoms with Crippen molar-refractivity contribution in [2.75, 3.05) is 0 Å².